The summed E-state index contributed by atoms with van der Waals surface area (Å²) < 4.78 is 9.96. The molecular formula is C18H20N2O8. The molecule has 0 bridgehead atoms. The van der Waals surface area contributed by atoms with Crippen molar-refractivity contribution in [1.82, 2.24) is 9.97 Å². The minimum atomic E-state index is -1.84. The standard InChI is InChI=1S/C18H20N2O8/c21-9-13(27-17(25)11-3-1-5-19-7-11)15(23)16(24)14(10-22)28-18(26)12-4-2-6-20-8-12/h1-8,13-16,21-24H,9-10H2/t13-,14-,15-,16-/m1/s1. The van der Waals surface area contributed by atoms with Crippen LogP contribution >= 0.6 is 0 Å². The predicted molar refractivity (Wildman–Crippen MR) is 93.1 cm³/mol. The van der Waals surface area contributed by atoms with Crippen molar-refractivity contribution in [3.8, 4) is 0 Å². The van der Waals surface area contributed by atoms with Gasteiger partial charge in [0.15, 0.2) is 12.2 Å². The zero-order valence-electron chi connectivity index (χ0n) is 14.7. The second-order valence-corrected chi connectivity index (χ2v) is 5.72. The van der Waals surface area contributed by atoms with Gasteiger partial charge in [0, 0.05) is 24.8 Å². The number of aliphatic hydroxyl groups excluding tert-OH is 4. The third-order valence-corrected chi connectivity index (χ3v) is 3.78. The Balaban J connectivity index is 2.03. The van der Waals surface area contributed by atoms with Crippen molar-refractivity contribution in [3.05, 3.63) is 60.2 Å². The molecule has 10 heteroatoms. The summed E-state index contributed by atoms with van der Waals surface area (Å²) in [6.45, 7) is -1.64. The first-order chi connectivity index (χ1) is 13.5. The summed E-state index contributed by atoms with van der Waals surface area (Å²) in [7, 11) is 0. The molecule has 0 radical (unpaired) electrons. The van der Waals surface area contributed by atoms with Gasteiger partial charge in [0.25, 0.3) is 0 Å². The fourth-order valence-electron chi connectivity index (χ4n) is 2.25. The SMILES string of the molecule is O=C(O[C@H](CO)[C@@H](O)[C@H](O)[C@@H](CO)OC(=O)c1cccnc1)c1cccnc1. The summed E-state index contributed by atoms with van der Waals surface area (Å²) in [5, 5.41) is 39.3. The van der Waals surface area contributed by atoms with Gasteiger partial charge in [0.1, 0.15) is 12.2 Å². The molecule has 0 fully saturated rings. The van der Waals surface area contributed by atoms with Gasteiger partial charge in [-0.1, -0.05) is 0 Å². The Labute approximate surface area is 160 Å². The number of nitrogens with zero attached hydrogens (tertiary/aromatic N) is 2. The van der Waals surface area contributed by atoms with Crippen molar-refractivity contribution in [1.29, 1.82) is 0 Å². The molecule has 0 saturated heterocycles. The number of aromatic nitrogens is 2. The van der Waals surface area contributed by atoms with Crippen molar-refractivity contribution < 1.29 is 39.5 Å². The second kappa shape index (κ2) is 10.4. The maximum Gasteiger partial charge on any atom is 0.340 e. The van der Waals surface area contributed by atoms with Gasteiger partial charge >= 0.3 is 11.9 Å². The molecule has 0 aliphatic heterocycles. The first-order valence-corrected chi connectivity index (χ1v) is 8.27. The zero-order chi connectivity index (χ0) is 20.5. The van der Waals surface area contributed by atoms with Crippen LogP contribution in [-0.4, -0.2) is 80.0 Å². The van der Waals surface area contributed by atoms with Crippen LogP contribution in [0.4, 0.5) is 0 Å². The molecule has 0 aromatic carbocycles. The van der Waals surface area contributed by atoms with E-state index in [9.17, 15) is 30.0 Å². The van der Waals surface area contributed by atoms with Crippen LogP contribution in [0.2, 0.25) is 0 Å². The second-order valence-electron chi connectivity index (χ2n) is 5.72. The largest absolute Gasteiger partial charge is 0.453 e. The third kappa shape index (κ3) is 5.54. The van der Waals surface area contributed by atoms with E-state index in [1.54, 1.807) is 0 Å². The molecule has 4 N–H and O–H groups in total. The maximum atomic E-state index is 12.0. The normalized spacial score (nSPS) is 15.1. The van der Waals surface area contributed by atoms with E-state index in [4.69, 9.17) is 9.47 Å². The van der Waals surface area contributed by atoms with Crippen LogP contribution in [0, 0.1) is 0 Å². The summed E-state index contributed by atoms with van der Waals surface area (Å²) in [6.07, 6.45) is -1.41. The number of hydrogen-bond acceptors (Lipinski definition) is 10. The molecule has 2 heterocycles. The Morgan fingerprint density at radius 3 is 1.50 bits per heavy atom. The van der Waals surface area contributed by atoms with Crippen LogP contribution < -0.4 is 0 Å². The van der Waals surface area contributed by atoms with Gasteiger partial charge in [-0.15, -0.1) is 0 Å². The summed E-state index contributed by atoms with van der Waals surface area (Å²) >= 11 is 0. The average molecular weight is 392 g/mol. The molecule has 0 amide bonds. The number of ether oxygens (including phenoxy) is 2. The number of carbonyl (C=O) groups is 2. The van der Waals surface area contributed by atoms with Gasteiger partial charge in [-0.25, -0.2) is 9.59 Å². The molecule has 28 heavy (non-hydrogen) atoms. The van der Waals surface area contributed by atoms with E-state index in [1.807, 2.05) is 0 Å². The van der Waals surface area contributed by atoms with E-state index in [2.05, 4.69) is 9.97 Å². The van der Waals surface area contributed by atoms with E-state index in [0.717, 1.165) is 0 Å². The topological polar surface area (TPSA) is 159 Å². The van der Waals surface area contributed by atoms with E-state index in [-0.39, 0.29) is 11.1 Å². The Bertz CT molecular complexity index is 693. The maximum absolute atomic E-state index is 12.0. The van der Waals surface area contributed by atoms with E-state index < -0.39 is 49.6 Å². The lowest BCUT2D eigenvalue weighted by Gasteiger charge is -2.29. The highest BCUT2D eigenvalue weighted by atomic mass is 16.6. The summed E-state index contributed by atoms with van der Waals surface area (Å²) in [6, 6.07) is 5.82. The van der Waals surface area contributed by atoms with E-state index in [1.165, 1.54) is 49.1 Å². The zero-order valence-corrected chi connectivity index (χ0v) is 14.7. The molecule has 0 aliphatic rings. The van der Waals surface area contributed by atoms with Gasteiger partial charge in [-0.2, -0.15) is 0 Å². The Morgan fingerprint density at radius 2 is 1.21 bits per heavy atom. The fraction of sp³-hybridized carbons (Fsp3) is 0.333. The monoisotopic (exact) mass is 392 g/mol. The Morgan fingerprint density at radius 1 is 0.821 bits per heavy atom. The van der Waals surface area contributed by atoms with Crippen molar-refractivity contribution in [2.75, 3.05) is 13.2 Å². The lowest BCUT2D eigenvalue weighted by atomic mass is 10.0. The average Bonchev–Trinajstić information content (AvgIpc) is 2.75. The number of esters is 2. The highest BCUT2D eigenvalue weighted by molar-refractivity contribution is 5.89. The van der Waals surface area contributed by atoms with Gasteiger partial charge in [0.05, 0.1) is 24.3 Å². The van der Waals surface area contributed by atoms with Crippen LogP contribution in [0.25, 0.3) is 0 Å². The summed E-state index contributed by atoms with van der Waals surface area (Å²) in [4.78, 5) is 31.6. The van der Waals surface area contributed by atoms with Gasteiger partial charge in [0.2, 0.25) is 0 Å². The minimum Gasteiger partial charge on any atom is -0.453 e. The van der Waals surface area contributed by atoms with Crippen LogP contribution in [-0.2, 0) is 9.47 Å². The molecule has 4 atom stereocenters. The lowest BCUT2D eigenvalue weighted by Crippen LogP contribution is -2.50. The molecule has 0 spiro atoms. The molecule has 10 nitrogen and oxygen atoms in total. The molecule has 0 unspecified atom stereocenters. The minimum absolute atomic E-state index is 0.0735. The Hall–Kier alpha value is -2.92. The lowest BCUT2D eigenvalue weighted by molar-refractivity contribution is -0.129. The molecule has 2 aromatic rings. The first kappa shape index (κ1) is 21.4. The van der Waals surface area contributed by atoms with Gasteiger partial charge < -0.3 is 29.9 Å². The van der Waals surface area contributed by atoms with E-state index in [0.29, 0.717) is 0 Å². The fourth-order valence-corrected chi connectivity index (χ4v) is 2.25. The third-order valence-electron chi connectivity index (χ3n) is 3.78. The van der Waals surface area contributed by atoms with Gasteiger partial charge in [-0.3, -0.25) is 9.97 Å². The number of carbonyl (C=O) groups excluding carboxylic acids is 2. The number of pyridine rings is 2. The predicted octanol–water partition coefficient (Wildman–Crippen LogP) is -1.07. The van der Waals surface area contributed by atoms with Crippen molar-refractivity contribution in [2.24, 2.45) is 0 Å². The number of hydrogen-bond donors (Lipinski definition) is 4. The van der Waals surface area contributed by atoms with Crippen molar-refractivity contribution >= 4 is 11.9 Å². The molecule has 2 aromatic heterocycles. The quantitative estimate of drug-likeness (QED) is 0.387. The van der Waals surface area contributed by atoms with Crippen molar-refractivity contribution in [3.63, 3.8) is 0 Å². The molecule has 0 aliphatic carbocycles. The van der Waals surface area contributed by atoms with Crippen LogP contribution in [0.5, 0.6) is 0 Å². The summed E-state index contributed by atoms with van der Waals surface area (Å²) in [5.41, 5.74) is 0.147. The number of aliphatic hydroxyl groups is 4. The van der Waals surface area contributed by atoms with Crippen LogP contribution in [0.3, 0.4) is 0 Å². The highest BCUT2D eigenvalue weighted by Crippen LogP contribution is 2.14. The molecular weight excluding hydrogens is 372 g/mol. The number of rotatable bonds is 9. The summed E-state index contributed by atoms with van der Waals surface area (Å²) in [5.74, 6) is -1.77. The Kier molecular flexibility index (Phi) is 7.96. The first-order valence-electron chi connectivity index (χ1n) is 8.27. The van der Waals surface area contributed by atoms with E-state index >= 15 is 0 Å². The smallest absolute Gasteiger partial charge is 0.340 e. The molecule has 0 saturated carbocycles. The van der Waals surface area contributed by atoms with Crippen molar-refractivity contribution in [2.45, 2.75) is 24.4 Å². The molecule has 150 valence electrons. The van der Waals surface area contributed by atoms with Crippen LogP contribution in [0.1, 0.15) is 20.7 Å². The van der Waals surface area contributed by atoms with Crippen LogP contribution in [0.15, 0.2) is 49.1 Å². The van der Waals surface area contributed by atoms with Gasteiger partial charge in [-0.05, 0) is 24.3 Å². The highest BCUT2D eigenvalue weighted by Gasteiger charge is 2.36. The molecule has 2 rings (SSSR count).